The van der Waals surface area contributed by atoms with Crippen LogP contribution in [0.1, 0.15) is 5.56 Å². The average molecular weight is 195 g/mol. The normalized spacial score (nSPS) is 9.50. The van der Waals surface area contributed by atoms with Gasteiger partial charge in [0.2, 0.25) is 0 Å². The van der Waals surface area contributed by atoms with E-state index in [-0.39, 0.29) is 5.75 Å². The molecule has 0 heterocycles. The van der Waals surface area contributed by atoms with E-state index in [1.165, 1.54) is 18.2 Å². The van der Waals surface area contributed by atoms with E-state index in [1.54, 1.807) is 7.11 Å². The van der Waals surface area contributed by atoms with Crippen molar-refractivity contribution in [3.63, 3.8) is 0 Å². The molecule has 0 fully saturated rings. The number of methoxy groups -OCH3 is 1. The van der Waals surface area contributed by atoms with Crippen LogP contribution in [0.15, 0.2) is 18.2 Å². The molecule has 1 rings (SSSR count). The van der Waals surface area contributed by atoms with Crippen LogP contribution in [0.3, 0.4) is 0 Å². The molecule has 0 spiro atoms. The van der Waals surface area contributed by atoms with Crippen LogP contribution in [-0.4, -0.2) is 20.3 Å². The lowest BCUT2D eigenvalue weighted by Gasteiger charge is -2.06. The van der Waals surface area contributed by atoms with E-state index in [0.717, 1.165) is 0 Å². The highest BCUT2D eigenvalue weighted by Gasteiger charge is 2.04. The fourth-order valence-electron chi connectivity index (χ4n) is 0.943. The fourth-order valence-corrected chi connectivity index (χ4v) is 0.943. The Morgan fingerprint density at radius 3 is 2.86 bits per heavy atom. The van der Waals surface area contributed by atoms with Crippen molar-refractivity contribution >= 4 is 0 Å². The third-order valence-electron chi connectivity index (χ3n) is 1.61. The first-order valence-corrected chi connectivity index (χ1v) is 4.09. The van der Waals surface area contributed by atoms with Crippen LogP contribution in [0.2, 0.25) is 0 Å². The zero-order valence-electron chi connectivity index (χ0n) is 7.79. The zero-order chi connectivity index (χ0) is 10.4. The van der Waals surface area contributed by atoms with Gasteiger partial charge in [0.15, 0.2) is 0 Å². The van der Waals surface area contributed by atoms with Gasteiger partial charge in [0.05, 0.1) is 12.2 Å². The van der Waals surface area contributed by atoms with E-state index < -0.39 is 5.82 Å². The van der Waals surface area contributed by atoms with Crippen molar-refractivity contribution in [1.82, 2.24) is 0 Å². The topological polar surface area (TPSA) is 42.2 Å². The molecule has 0 aliphatic heterocycles. The highest BCUT2D eigenvalue weighted by molar-refractivity contribution is 5.42. The molecule has 4 heteroatoms. The smallest absolute Gasteiger partial charge is 0.140 e. The Kier molecular flexibility index (Phi) is 3.89. The molecule has 0 aliphatic rings. The van der Waals surface area contributed by atoms with Crippen LogP contribution in [0, 0.1) is 17.1 Å². The Morgan fingerprint density at radius 1 is 1.43 bits per heavy atom. The van der Waals surface area contributed by atoms with Gasteiger partial charge in [-0.15, -0.1) is 0 Å². The minimum absolute atomic E-state index is 0.254. The van der Waals surface area contributed by atoms with Crippen molar-refractivity contribution in [3.05, 3.63) is 29.6 Å². The van der Waals surface area contributed by atoms with E-state index in [4.69, 9.17) is 14.7 Å². The summed E-state index contributed by atoms with van der Waals surface area (Å²) in [6.07, 6.45) is 0. The van der Waals surface area contributed by atoms with Crippen molar-refractivity contribution < 1.29 is 13.9 Å². The van der Waals surface area contributed by atoms with Crippen molar-refractivity contribution in [1.29, 1.82) is 5.26 Å². The maximum absolute atomic E-state index is 12.8. The molecule has 14 heavy (non-hydrogen) atoms. The fraction of sp³-hybridized carbons (Fsp3) is 0.300. The monoisotopic (exact) mass is 195 g/mol. The number of halogens is 1. The molecule has 0 bridgehead atoms. The Balaban J connectivity index is 2.73. The van der Waals surface area contributed by atoms with Gasteiger partial charge in [0.1, 0.15) is 24.2 Å². The van der Waals surface area contributed by atoms with E-state index in [1.807, 2.05) is 6.07 Å². The number of hydrogen-bond acceptors (Lipinski definition) is 3. The minimum atomic E-state index is -0.420. The first-order valence-electron chi connectivity index (χ1n) is 4.09. The minimum Gasteiger partial charge on any atom is -0.490 e. The van der Waals surface area contributed by atoms with Gasteiger partial charge >= 0.3 is 0 Å². The molecule has 0 saturated carbocycles. The molecule has 0 aromatic heterocycles. The van der Waals surface area contributed by atoms with Crippen molar-refractivity contribution in [2.45, 2.75) is 0 Å². The largest absolute Gasteiger partial charge is 0.490 e. The highest BCUT2D eigenvalue weighted by Crippen LogP contribution is 2.18. The molecular formula is C10H10FNO2. The molecular weight excluding hydrogens is 185 g/mol. The summed E-state index contributed by atoms with van der Waals surface area (Å²) in [5, 5.41) is 8.68. The lowest BCUT2D eigenvalue weighted by Crippen LogP contribution is -2.05. The molecule has 1 aromatic carbocycles. The predicted octanol–water partition coefficient (Wildman–Crippen LogP) is 1.72. The zero-order valence-corrected chi connectivity index (χ0v) is 7.79. The van der Waals surface area contributed by atoms with Gasteiger partial charge in [0, 0.05) is 13.2 Å². The third kappa shape index (κ3) is 2.71. The molecule has 0 unspecified atom stereocenters. The Hall–Kier alpha value is -1.60. The molecule has 0 atom stereocenters. The van der Waals surface area contributed by atoms with E-state index in [0.29, 0.717) is 18.8 Å². The molecule has 0 radical (unpaired) electrons. The Morgan fingerprint density at radius 2 is 2.21 bits per heavy atom. The van der Waals surface area contributed by atoms with Crippen LogP contribution >= 0.6 is 0 Å². The standard InChI is InChI=1S/C10H10FNO2/c1-13-4-5-14-10-6-9(11)3-2-8(10)7-12/h2-3,6H,4-5H2,1H3. The van der Waals surface area contributed by atoms with Crippen molar-refractivity contribution in [2.24, 2.45) is 0 Å². The molecule has 0 amide bonds. The molecule has 74 valence electrons. The van der Waals surface area contributed by atoms with Gasteiger partial charge in [-0.1, -0.05) is 0 Å². The van der Waals surface area contributed by atoms with Crippen LogP contribution in [-0.2, 0) is 4.74 Å². The number of benzene rings is 1. The first kappa shape index (κ1) is 10.5. The molecule has 3 nitrogen and oxygen atoms in total. The Bertz CT molecular complexity index is 346. The van der Waals surface area contributed by atoms with Gasteiger partial charge in [-0.05, 0) is 12.1 Å². The van der Waals surface area contributed by atoms with Crippen LogP contribution in [0.5, 0.6) is 5.75 Å². The van der Waals surface area contributed by atoms with Crippen molar-refractivity contribution in [2.75, 3.05) is 20.3 Å². The van der Waals surface area contributed by atoms with E-state index in [2.05, 4.69) is 0 Å². The molecule has 1 aromatic rings. The second-order valence-electron chi connectivity index (χ2n) is 2.59. The number of rotatable bonds is 4. The number of hydrogen-bond donors (Lipinski definition) is 0. The predicted molar refractivity (Wildman–Crippen MR) is 48.5 cm³/mol. The lowest BCUT2D eigenvalue weighted by molar-refractivity contribution is 0.146. The SMILES string of the molecule is COCCOc1cc(F)ccc1C#N. The number of nitrogens with zero attached hydrogens (tertiary/aromatic N) is 1. The average Bonchev–Trinajstić information content (AvgIpc) is 2.19. The van der Waals surface area contributed by atoms with Crippen LogP contribution in [0.4, 0.5) is 4.39 Å². The first-order chi connectivity index (χ1) is 6.77. The molecule has 0 aliphatic carbocycles. The van der Waals surface area contributed by atoms with E-state index >= 15 is 0 Å². The number of ether oxygens (including phenoxy) is 2. The molecule has 0 N–H and O–H groups in total. The summed E-state index contributed by atoms with van der Waals surface area (Å²) < 4.78 is 22.7. The second kappa shape index (κ2) is 5.20. The van der Waals surface area contributed by atoms with Crippen LogP contribution in [0.25, 0.3) is 0 Å². The lowest BCUT2D eigenvalue weighted by atomic mass is 10.2. The Labute approximate surface area is 81.7 Å². The summed E-state index contributed by atoms with van der Waals surface area (Å²) in [5.41, 5.74) is 0.322. The molecule has 0 saturated heterocycles. The van der Waals surface area contributed by atoms with Crippen LogP contribution < -0.4 is 4.74 Å². The summed E-state index contributed by atoms with van der Waals surface area (Å²) in [5.74, 6) is -0.166. The second-order valence-corrected chi connectivity index (χ2v) is 2.59. The summed E-state index contributed by atoms with van der Waals surface area (Å²) in [6.45, 7) is 0.704. The summed E-state index contributed by atoms with van der Waals surface area (Å²) in [7, 11) is 1.54. The summed E-state index contributed by atoms with van der Waals surface area (Å²) >= 11 is 0. The van der Waals surface area contributed by atoms with Crippen molar-refractivity contribution in [3.8, 4) is 11.8 Å². The summed E-state index contributed by atoms with van der Waals surface area (Å²) in [4.78, 5) is 0. The maximum atomic E-state index is 12.8. The van der Waals surface area contributed by atoms with Gasteiger partial charge in [-0.25, -0.2) is 4.39 Å². The quantitative estimate of drug-likeness (QED) is 0.687. The third-order valence-corrected chi connectivity index (χ3v) is 1.61. The van der Waals surface area contributed by atoms with E-state index in [9.17, 15) is 4.39 Å². The van der Waals surface area contributed by atoms with Gasteiger partial charge < -0.3 is 9.47 Å². The number of nitriles is 1. The van der Waals surface area contributed by atoms with Gasteiger partial charge in [-0.3, -0.25) is 0 Å². The maximum Gasteiger partial charge on any atom is 0.140 e. The summed E-state index contributed by atoms with van der Waals surface area (Å²) in [6, 6.07) is 5.72. The van der Waals surface area contributed by atoms with Gasteiger partial charge in [-0.2, -0.15) is 5.26 Å². The highest BCUT2D eigenvalue weighted by atomic mass is 19.1. The van der Waals surface area contributed by atoms with Gasteiger partial charge in [0.25, 0.3) is 0 Å².